The van der Waals surface area contributed by atoms with Crippen molar-refractivity contribution in [2.75, 3.05) is 5.32 Å². The standard InChI is InChI=1S/C15H14ClFN2O2/c1-10(7-11-5-3-2-4-6-11)18-14-8-12(16)13(17)9-15(14)19(20)21/h2-6,8-10,18H,7H2,1H3. The van der Waals surface area contributed by atoms with Crippen molar-refractivity contribution in [3.63, 3.8) is 0 Å². The van der Waals surface area contributed by atoms with Crippen LogP contribution in [0.15, 0.2) is 42.5 Å². The monoisotopic (exact) mass is 308 g/mol. The number of nitrogens with one attached hydrogen (secondary N) is 1. The number of anilines is 1. The van der Waals surface area contributed by atoms with Crippen molar-refractivity contribution in [1.29, 1.82) is 0 Å². The fraction of sp³-hybridized carbons (Fsp3) is 0.200. The third-order valence-corrected chi connectivity index (χ3v) is 3.31. The molecule has 0 radical (unpaired) electrons. The summed E-state index contributed by atoms with van der Waals surface area (Å²) in [6, 6.07) is 11.8. The third-order valence-electron chi connectivity index (χ3n) is 3.02. The average molecular weight is 309 g/mol. The van der Waals surface area contributed by atoms with Gasteiger partial charge in [0.2, 0.25) is 0 Å². The summed E-state index contributed by atoms with van der Waals surface area (Å²) in [7, 11) is 0. The summed E-state index contributed by atoms with van der Waals surface area (Å²) in [6.45, 7) is 1.90. The lowest BCUT2D eigenvalue weighted by atomic mass is 10.1. The van der Waals surface area contributed by atoms with Crippen LogP contribution in [0.3, 0.4) is 0 Å². The van der Waals surface area contributed by atoms with Crippen LogP contribution in [-0.2, 0) is 6.42 Å². The van der Waals surface area contributed by atoms with Crippen molar-refractivity contribution >= 4 is 23.0 Å². The predicted octanol–water partition coefficient (Wildman–Crippen LogP) is 4.43. The van der Waals surface area contributed by atoms with Gasteiger partial charge in [-0.2, -0.15) is 0 Å². The summed E-state index contributed by atoms with van der Waals surface area (Å²) in [4.78, 5) is 10.4. The van der Waals surface area contributed by atoms with Crippen molar-refractivity contribution in [2.24, 2.45) is 0 Å². The number of halogens is 2. The van der Waals surface area contributed by atoms with E-state index in [2.05, 4.69) is 5.32 Å². The fourth-order valence-electron chi connectivity index (χ4n) is 2.09. The van der Waals surface area contributed by atoms with Crippen molar-refractivity contribution in [3.8, 4) is 0 Å². The van der Waals surface area contributed by atoms with Crippen molar-refractivity contribution in [1.82, 2.24) is 0 Å². The van der Waals surface area contributed by atoms with Gasteiger partial charge in [0, 0.05) is 6.04 Å². The Balaban J connectivity index is 2.18. The summed E-state index contributed by atoms with van der Waals surface area (Å²) >= 11 is 5.70. The SMILES string of the molecule is CC(Cc1ccccc1)Nc1cc(Cl)c(F)cc1[N+](=O)[O-]. The van der Waals surface area contributed by atoms with Crippen LogP contribution in [-0.4, -0.2) is 11.0 Å². The zero-order chi connectivity index (χ0) is 15.4. The molecule has 0 spiro atoms. The Kier molecular flexibility index (Phi) is 4.75. The van der Waals surface area contributed by atoms with Gasteiger partial charge in [-0.05, 0) is 25.0 Å². The van der Waals surface area contributed by atoms with E-state index in [-0.39, 0.29) is 22.4 Å². The Morgan fingerprint density at radius 1 is 1.33 bits per heavy atom. The normalized spacial score (nSPS) is 12.0. The molecule has 1 unspecified atom stereocenters. The van der Waals surface area contributed by atoms with E-state index in [9.17, 15) is 14.5 Å². The first-order chi connectivity index (χ1) is 9.97. The van der Waals surface area contributed by atoms with E-state index in [1.54, 1.807) is 0 Å². The fourth-order valence-corrected chi connectivity index (χ4v) is 2.25. The molecule has 2 aromatic carbocycles. The maximum Gasteiger partial charge on any atom is 0.295 e. The number of nitrogens with zero attached hydrogens (tertiary/aromatic N) is 1. The zero-order valence-corrected chi connectivity index (χ0v) is 12.1. The molecule has 2 aromatic rings. The summed E-state index contributed by atoms with van der Waals surface area (Å²) < 4.78 is 13.3. The molecule has 0 fully saturated rings. The Morgan fingerprint density at radius 3 is 2.62 bits per heavy atom. The molecule has 0 saturated heterocycles. The number of nitro benzene ring substituents is 1. The number of hydrogen-bond acceptors (Lipinski definition) is 3. The molecular weight excluding hydrogens is 295 g/mol. The summed E-state index contributed by atoms with van der Waals surface area (Å²) in [5, 5.41) is 13.9. The molecule has 1 atom stereocenters. The molecule has 0 aliphatic carbocycles. The molecule has 0 heterocycles. The van der Waals surface area contributed by atoms with E-state index in [4.69, 9.17) is 11.6 Å². The van der Waals surface area contributed by atoms with Gasteiger partial charge in [0.25, 0.3) is 5.69 Å². The largest absolute Gasteiger partial charge is 0.377 e. The third kappa shape index (κ3) is 3.92. The van der Waals surface area contributed by atoms with Crippen LogP contribution in [0.1, 0.15) is 12.5 Å². The lowest BCUT2D eigenvalue weighted by Gasteiger charge is -2.15. The number of rotatable bonds is 5. The topological polar surface area (TPSA) is 55.2 Å². The molecule has 110 valence electrons. The molecule has 0 aliphatic rings. The maximum absolute atomic E-state index is 13.3. The Hall–Kier alpha value is -2.14. The minimum atomic E-state index is -0.801. The summed E-state index contributed by atoms with van der Waals surface area (Å²) in [5.74, 6) is -0.801. The quantitative estimate of drug-likeness (QED) is 0.656. The molecule has 2 rings (SSSR count). The maximum atomic E-state index is 13.3. The van der Waals surface area contributed by atoms with E-state index in [1.165, 1.54) is 6.07 Å². The molecule has 4 nitrogen and oxygen atoms in total. The van der Waals surface area contributed by atoms with Gasteiger partial charge in [0.1, 0.15) is 11.5 Å². The molecular formula is C15H14ClFN2O2. The lowest BCUT2D eigenvalue weighted by Crippen LogP contribution is -2.19. The van der Waals surface area contributed by atoms with E-state index < -0.39 is 10.7 Å². The van der Waals surface area contributed by atoms with E-state index in [0.717, 1.165) is 11.6 Å². The van der Waals surface area contributed by atoms with Crippen molar-refractivity contribution in [2.45, 2.75) is 19.4 Å². The Labute approximate surface area is 126 Å². The highest BCUT2D eigenvalue weighted by Gasteiger charge is 2.19. The minimum Gasteiger partial charge on any atom is -0.377 e. The molecule has 0 bridgehead atoms. The van der Waals surface area contributed by atoms with Gasteiger partial charge in [0.05, 0.1) is 16.0 Å². The second-order valence-electron chi connectivity index (χ2n) is 4.78. The second kappa shape index (κ2) is 6.54. The number of hydrogen-bond donors (Lipinski definition) is 1. The van der Waals surface area contributed by atoms with Crippen LogP contribution in [0.2, 0.25) is 5.02 Å². The highest BCUT2D eigenvalue weighted by atomic mass is 35.5. The van der Waals surface area contributed by atoms with Gasteiger partial charge in [-0.3, -0.25) is 10.1 Å². The molecule has 0 aliphatic heterocycles. The van der Waals surface area contributed by atoms with Crippen LogP contribution < -0.4 is 5.32 Å². The van der Waals surface area contributed by atoms with Crippen LogP contribution in [0.4, 0.5) is 15.8 Å². The number of benzene rings is 2. The molecule has 6 heteroatoms. The summed E-state index contributed by atoms with van der Waals surface area (Å²) in [6.07, 6.45) is 0.687. The van der Waals surface area contributed by atoms with Crippen LogP contribution in [0.5, 0.6) is 0 Å². The second-order valence-corrected chi connectivity index (χ2v) is 5.18. The molecule has 0 amide bonds. The molecule has 21 heavy (non-hydrogen) atoms. The predicted molar refractivity (Wildman–Crippen MR) is 81.3 cm³/mol. The van der Waals surface area contributed by atoms with Gasteiger partial charge in [-0.1, -0.05) is 41.9 Å². The lowest BCUT2D eigenvalue weighted by molar-refractivity contribution is -0.384. The van der Waals surface area contributed by atoms with Gasteiger partial charge >= 0.3 is 0 Å². The van der Waals surface area contributed by atoms with Gasteiger partial charge in [-0.25, -0.2) is 4.39 Å². The Morgan fingerprint density at radius 2 is 2.00 bits per heavy atom. The Bertz CT molecular complexity index is 650. The average Bonchev–Trinajstić information content (AvgIpc) is 2.43. The van der Waals surface area contributed by atoms with Crippen molar-refractivity contribution < 1.29 is 9.31 Å². The van der Waals surface area contributed by atoms with Gasteiger partial charge < -0.3 is 5.32 Å². The molecule has 1 N–H and O–H groups in total. The summed E-state index contributed by atoms with van der Waals surface area (Å²) in [5.41, 5.74) is 1.00. The van der Waals surface area contributed by atoms with E-state index >= 15 is 0 Å². The number of nitro groups is 1. The van der Waals surface area contributed by atoms with E-state index in [0.29, 0.717) is 6.42 Å². The van der Waals surface area contributed by atoms with Crippen molar-refractivity contribution in [3.05, 3.63) is 69.0 Å². The zero-order valence-electron chi connectivity index (χ0n) is 11.3. The van der Waals surface area contributed by atoms with Crippen LogP contribution in [0, 0.1) is 15.9 Å². The van der Waals surface area contributed by atoms with Crippen LogP contribution >= 0.6 is 11.6 Å². The molecule has 0 aromatic heterocycles. The van der Waals surface area contributed by atoms with Gasteiger partial charge in [-0.15, -0.1) is 0 Å². The first-order valence-electron chi connectivity index (χ1n) is 6.41. The van der Waals surface area contributed by atoms with E-state index in [1.807, 2.05) is 37.3 Å². The smallest absolute Gasteiger partial charge is 0.295 e. The van der Waals surface area contributed by atoms with Crippen LogP contribution in [0.25, 0.3) is 0 Å². The first-order valence-corrected chi connectivity index (χ1v) is 6.79. The minimum absolute atomic E-state index is 0.0624. The highest BCUT2D eigenvalue weighted by Crippen LogP contribution is 2.31. The first kappa shape index (κ1) is 15.3. The van der Waals surface area contributed by atoms with Gasteiger partial charge in [0.15, 0.2) is 0 Å². The molecule has 0 saturated carbocycles. The highest BCUT2D eigenvalue weighted by molar-refractivity contribution is 6.31.